The molecule has 1 aliphatic rings. The van der Waals surface area contributed by atoms with Gasteiger partial charge in [-0.3, -0.25) is 9.59 Å². The van der Waals surface area contributed by atoms with E-state index in [2.05, 4.69) is 21.2 Å². The topological polar surface area (TPSA) is 49.4 Å². The zero-order valence-corrected chi connectivity index (χ0v) is 13.8. The van der Waals surface area contributed by atoms with E-state index in [9.17, 15) is 14.0 Å². The monoisotopic (exact) mass is 356 g/mol. The number of rotatable bonds is 2. The van der Waals surface area contributed by atoms with Crippen molar-refractivity contribution in [2.45, 2.75) is 33.4 Å². The van der Waals surface area contributed by atoms with Crippen LogP contribution >= 0.6 is 15.9 Å². The summed E-state index contributed by atoms with van der Waals surface area (Å²) in [5, 5.41) is 2.71. The lowest BCUT2D eigenvalue weighted by molar-refractivity contribution is -0.148. The first kappa shape index (κ1) is 15.9. The summed E-state index contributed by atoms with van der Waals surface area (Å²) < 4.78 is 14.6. The molecule has 21 heavy (non-hydrogen) atoms. The van der Waals surface area contributed by atoms with Crippen LogP contribution < -0.4 is 5.32 Å². The number of nitrogens with one attached hydrogen (secondary N) is 1. The third-order valence-electron chi connectivity index (χ3n) is 3.43. The summed E-state index contributed by atoms with van der Waals surface area (Å²) >= 11 is 3.28. The molecule has 0 aromatic heterocycles. The highest BCUT2D eigenvalue weighted by Crippen LogP contribution is 2.25. The first-order valence-corrected chi connectivity index (χ1v) is 7.50. The number of halogens is 2. The van der Waals surface area contributed by atoms with Gasteiger partial charge in [0.2, 0.25) is 11.8 Å². The fourth-order valence-corrected chi connectivity index (χ4v) is 2.70. The fourth-order valence-electron chi connectivity index (χ4n) is 2.29. The van der Waals surface area contributed by atoms with Crippen LogP contribution in [-0.2, 0) is 16.1 Å². The Hall–Kier alpha value is -1.43. The van der Waals surface area contributed by atoms with Gasteiger partial charge >= 0.3 is 0 Å². The van der Waals surface area contributed by atoms with Crippen molar-refractivity contribution in [1.29, 1.82) is 0 Å². The van der Waals surface area contributed by atoms with Gasteiger partial charge in [0, 0.05) is 16.6 Å². The molecule has 1 aromatic carbocycles. The second-order valence-corrected chi connectivity index (χ2v) is 7.21. The van der Waals surface area contributed by atoms with E-state index in [4.69, 9.17) is 0 Å². The second kappa shape index (κ2) is 5.75. The molecule has 2 amide bonds. The molecule has 0 radical (unpaired) electrons. The molecule has 2 rings (SSSR count). The Bertz CT molecular complexity index is 584. The van der Waals surface area contributed by atoms with Crippen molar-refractivity contribution in [3.8, 4) is 0 Å². The summed E-state index contributed by atoms with van der Waals surface area (Å²) in [7, 11) is 0. The maximum absolute atomic E-state index is 13.8. The molecule has 1 saturated heterocycles. The molecule has 0 bridgehead atoms. The van der Waals surface area contributed by atoms with Gasteiger partial charge in [-0.05, 0) is 23.6 Å². The number of hydrogen-bond acceptors (Lipinski definition) is 2. The smallest absolute Gasteiger partial charge is 0.246 e. The van der Waals surface area contributed by atoms with E-state index in [1.807, 2.05) is 20.8 Å². The van der Waals surface area contributed by atoms with Crippen LogP contribution in [0, 0.1) is 11.2 Å². The van der Waals surface area contributed by atoms with E-state index in [1.54, 1.807) is 12.1 Å². The van der Waals surface area contributed by atoms with E-state index < -0.39 is 6.04 Å². The van der Waals surface area contributed by atoms with Crippen molar-refractivity contribution in [3.63, 3.8) is 0 Å². The van der Waals surface area contributed by atoms with Gasteiger partial charge in [0.15, 0.2) is 0 Å². The molecular formula is C15H18BrFN2O2. The largest absolute Gasteiger partial charge is 0.342 e. The lowest BCUT2D eigenvalue weighted by atomic mass is 9.84. The van der Waals surface area contributed by atoms with Crippen molar-refractivity contribution in [2.75, 3.05) is 6.54 Å². The summed E-state index contributed by atoms with van der Waals surface area (Å²) in [5.41, 5.74) is 0.00130. The van der Waals surface area contributed by atoms with Crippen molar-refractivity contribution in [1.82, 2.24) is 10.2 Å². The predicted octanol–water partition coefficient (Wildman–Crippen LogP) is 2.46. The van der Waals surface area contributed by atoms with Gasteiger partial charge in [-0.25, -0.2) is 4.39 Å². The second-order valence-electron chi connectivity index (χ2n) is 6.30. The van der Waals surface area contributed by atoms with Gasteiger partial charge in [-0.1, -0.05) is 36.7 Å². The molecule has 1 unspecified atom stereocenters. The highest BCUT2D eigenvalue weighted by molar-refractivity contribution is 9.10. The molecule has 1 fully saturated rings. The highest BCUT2D eigenvalue weighted by Gasteiger charge is 2.39. The Kier molecular flexibility index (Phi) is 4.37. The van der Waals surface area contributed by atoms with Crippen molar-refractivity contribution >= 4 is 27.7 Å². The summed E-state index contributed by atoms with van der Waals surface area (Å²) in [6.07, 6.45) is 0. The molecule has 1 atom stereocenters. The van der Waals surface area contributed by atoms with E-state index in [0.717, 1.165) is 4.47 Å². The average molecular weight is 357 g/mol. The Morgan fingerprint density at radius 3 is 2.67 bits per heavy atom. The molecule has 6 heteroatoms. The molecule has 1 heterocycles. The van der Waals surface area contributed by atoms with E-state index in [0.29, 0.717) is 5.56 Å². The fraction of sp³-hybridized carbons (Fsp3) is 0.467. The lowest BCUT2D eigenvalue weighted by Gasteiger charge is -2.39. The van der Waals surface area contributed by atoms with Gasteiger partial charge < -0.3 is 10.2 Å². The maximum Gasteiger partial charge on any atom is 0.246 e. The van der Waals surface area contributed by atoms with Crippen molar-refractivity contribution in [2.24, 2.45) is 5.41 Å². The Morgan fingerprint density at radius 1 is 1.38 bits per heavy atom. The quantitative estimate of drug-likeness (QED) is 0.884. The minimum atomic E-state index is -0.589. The molecule has 0 spiro atoms. The summed E-state index contributed by atoms with van der Waals surface area (Å²) in [6, 6.07) is 3.98. The third kappa shape index (κ3) is 3.61. The zero-order valence-electron chi connectivity index (χ0n) is 12.2. The minimum absolute atomic E-state index is 0.0443. The zero-order chi connectivity index (χ0) is 15.8. The number of hydrogen-bond donors (Lipinski definition) is 1. The van der Waals surface area contributed by atoms with Crippen molar-refractivity contribution in [3.05, 3.63) is 34.1 Å². The van der Waals surface area contributed by atoms with Crippen LogP contribution in [0.25, 0.3) is 0 Å². The van der Waals surface area contributed by atoms with Gasteiger partial charge in [-0.15, -0.1) is 0 Å². The summed E-state index contributed by atoms with van der Waals surface area (Å²) in [4.78, 5) is 25.7. The first-order chi connectivity index (χ1) is 9.68. The Balaban J connectivity index is 2.24. The molecular weight excluding hydrogens is 339 g/mol. The molecule has 4 nitrogen and oxygen atoms in total. The van der Waals surface area contributed by atoms with Crippen LogP contribution in [0.2, 0.25) is 0 Å². The van der Waals surface area contributed by atoms with E-state index >= 15 is 0 Å². The number of carbonyl (C=O) groups is 2. The SMILES string of the molecule is CC(C)(C)C1NC(=O)CN(Cc2cc(Br)ccc2F)C1=O. The minimum Gasteiger partial charge on any atom is -0.342 e. The number of carbonyl (C=O) groups excluding carboxylic acids is 2. The Morgan fingerprint density at radius 2 is 2.05 bits per heavy atom. The number of piperazine rings is 1. The first-order valence-electron chi connectivity index (χ1n) is 6.70. The normalized spacial score (nSPS) is 19.7. The van der Waals surface area contributed by atoms with E-state index in [-0.39, 0.29) is 36.1 Å². The van der Waals surface area contributed by atoms with Crippen LogP contribution in [0.3, 0.4) is 0 Å². The molecule has 1 aromatic rings. The third-order valence-corrected chi connectivity index (χ3v) is 3.93. The molecule has 1 aliphatic heterocycles. The van der Waals surface area contributed by atoms with Crippen molar-refractivity contribution < 1.29 is 14.0 Å². The Labute approximate surface area is 131 Å². The summed E-state index contributed by atoms with van der Waals surface area (Å²) in [6.45, 7) is 5.71. The van der Waals surface area contributed by atoms with Crippen LogP contribution in [-0.4, -0.2) is 29.3 Å². The van der Waals surface area contributed by atoms with Crippen LogP contribution in [0.4, 0.5) is 4.39 Å². The predicted molar refractivity (Wildman–Crippen MR) is 80.9 cm³/mol. The van der Waals surface area contributed by atoms with Gasteiger partial charge in [-0.2, -0.15) is 0 Å². The average Bonchev–Trinajstić information content (AvgIpc) is 2.36. The molecule has 0 aliphatic carbocycles. The number of nitrogens with zero attached hydrogens (tertiary/aromatic N) is 1. The van der Waals surface area contributed by atoms with E-state index in [1.165, 1.54) is 11.0 Å². The maximum atomic E-state index is 13.8. The van der Waals surface area contributed by atoms with Gasteiger partial charge in [0.1, 0.15) is 11.9 Å². The van der Waals surface area contributed by atoms with Crippen LogP contribution in [0.1, 0.15) is 26.3 Å². The molecule has 114 valence electrons. The lowest BCUT2D eigenvalue weighted by Crippen LogP contribution is -2.61. The number of amides is 2. The van der Waals surface area contributed by atoms with Crippen LogP contribution in [0.5, 0.6) is 0 Å². The molecule has 0 saturated carbocycles. The van der Waals surface area contributed by atoms with Gasteiger partial charge in [0.25, 0.3) is 0 Å². The standard InChI is InChI=1S/C15H18BrFN2O2/c1-15(2,3)13-14(21)19(8-12(20)18-13)7-9-6-10(16)4-5-11(9)17/h4-6,13H,7-8H2,1-3H3,(H,18,20). The van der Waals surface area contributed by atoms with Gasteiger partial charge in [0.05, 0.1) is 6.54 Å². The number of benzene rings is 1. The summed E-state index contributed by atoms with van der Waals surface area (Å²) in [5.74, 6) is -0.782. The van der Waals surface area contributed by atoms with Crippen LogP contribution in [0.15, 0.2) is 22.7 Å². The molecule has 1 N–H and O–H groups in total. The highest BCUT2D eigenvalue weighted by atomic mass is 79.9.